The molecule has 0 aromatic heterocycles. The van der Waals surface area contributed by atoms with Gasteiger partial charge in [0.15, 0.2) is 0 Å². The fraction of sp³-hybridized carbons (Fsp3) is 0.750. The Morgan fingerprint density at radius 2 is 1.76 bits per heavy atom. The number of esters is 1. The van der Waals surface area contributed by atoms with Crippen molar-refractivity contribution in [2.24, 2.45) is 5.73 Å². The maximum Gasteiger partial charge on any atom is 0.490 e. The van der Waals surface area contributed by atoms with Gasteiger partial charge in [0.25, 0.3) is 0 Å². The summed E-state index contributed by atoms with van der Waals surface area (Å²) in [5.74, 6) is -3.12. The zero-order valence-corrected chi connectivity index (χ0v) is 9.61. The predicted molar refractivity (Wildman–Crippen MR) is 52.2 cm³/mol. The molecule has 0 rings (SSSR count). The minimum absolute atomic E-state index is 0.367. The standard InChI is InChI=1S/C6H14N2O2.C2HF3O2/c1-8(2)4-5(7)6(9)10-3;3-2(4,5)1(6)7/h5H,4,7H2,1-3H3;(H,6,7)/t5-;/m0./s1. The molecule has 0 heterocycles. The number of aliphatic carboxylic acids is 1. The molecule has 0 aliphatic heterocycles. The Balaban J connectivity index is 0. The van der Waals surface area contributed by atoms with Gasteiger partial charge in [0, 0.05) is 6.54 Å². The Kier molecular flexibility index (Phi) is 8.32. The second-order valence-corrected chi connectivity index (χ2v) is 3.19. The van der Waals surface area contributed by atoms with E-state index in [-0.39, 0.29) is 5.97 Å². The first-order valence-electron chi connectivity index (χ1n) is 4.30. The first-order chi connectivity index (χ1) is 7.52. The summed E-state index contributed by atoms with van der Waals surface area (Å²) in [6.07, 6.45) is -5.08. The molecule has 0 aliphatic rings. The van der Waals surface area contributed by atoms with E-state index in [1.54, 1.807) is 0 Å². The van der Waals surface area contributed by atoms with E-state index in [2.05, 4.69) is 4.74 Å². The number of rotatable bonds is 3. The summed E-state index contributed by atoms with van der Waals surface area (Å²) in [6, 6.07) is -0.528. The smallest absolute Gasteiger partial charge is 0.475 e. The lowest BCUT2D eigenvalue weighted by Gasteiger charge is -2.13. The highest BCUT2D eigenvalue weighted by Gasteiger charge is 2.38. The lowest BCUT2D eigenvalue weighted by molar-refractivity contribution is -0.192. The SMILES string of the molecule is COC(=O)[C@@H](N)CN(C)C.O=C(O)C(F)(F)F. The van der Waals surface area contributed by atoms with Crippen molar-refractivity contribution in [2.45, 2.75) is 12.2 Å². The third kappa shape index (κ3) is 10.9. The zero-order valence-electron chi connectivity index (χ0n) is 9.61. The van der Waals surface area contributed by atoms with E-state index in [0.717, 1.165) is 0 Å². The minimum Gasteiger partial charge on any atom is -0.475 e. The molecular formula is C8H15F3N2O4. The molecule has 0 bridgehead atoms. The number of carbonyl (C=O) groups is 2. The summed E-state index contributed by atoms with van der Waals surface area (Å²) in [5, 5.41) is 7.12. The highest BCUT2D eigenvalue weighted by molar-refractivity contribution is 5.75. The van der Waals surface area contributed by atoms with Crippen LogP contribution in [0.2, 0.25) is 0 Å². The minimum atomic E-state index is -5.08. The van der Waals surface area contributed by atoms with Crippen molar-refractivity contribution in [3.63, 3.8) is 0 Å². The number of alkyl halides is 3. The number of likely N-dealkylation sites (N-methyl/N-ethyl adjacent to an activating group) is 1. The molecule has 0 fully saturated rings. The number of carboxylic acids is 1. The van der Waals surface area contributed by atoms with E-state index in [1.807, 2.05) is 19.0 Å². The first kappa shape index (κ1) is 18.0. The van der Waals surface area contributed by atoms with E-state index >= 15 is 0 Å². The Labute approximate surface area is 96.1 Å². The third-order valence-electron chi connectivity index (χ3n) is 1.31. The van der Waals surface area contributed by atoms with Crippen LogP contribution in [-0.2, 0) is 14.3 Å². The van der Waals surface area contributed by atoms with Crippen LogP contribution in [0.4, 0.5) is 13.2 Å². The summed E-state index contributed by atoms with van der Waals surface area (Å²) < 4.78 is 36.2. The van der Waals surface area contributed by atoms with Crippen LogP contribution < -0.4 is 5.73 Å². The van der Waals surface area contributed by atoms with Crippen molar-refractivity contribution in [1.29, 1.82) is 0 Å². The predicted octanol–water partition coefficient (Wildman–Crippen LogP) is -0.318. The molecule has 0 spiro atoms. The highest BCUT2D eigenvalue weighted by Crippen LogP contribution is 2.13. The molecular weight excluding hydrogens is 245 g/mol. The summed E-state index contributed by atoms with van der Waals surface area (Å²) in [7, 11) is 5.03. The van der Waals surface area contributed by atoms with Gasteiger partial charge < -0.3 is 20.5 Å². The second-order valence-electron chi connectivity index (χ2n) is 3.19. The van der Waals surface area contributed by atoms with Crippen LogP contribution in [0.25, 0.3) is 0 Å². The van der Waals surface area contributed by atoms with E-state index in [9.17, 15) is 18.0 Å². The Hall–Kier alpha value is -1.35. The number of carboxylic acid groups (broad SMARTS) is 1. The van der Waals surface area contributed by atoms with Gasteiger partial charge in [-0.3, -0.25) is 4.79 Å². The molecule has 0 aromatic rings. The van der Waals surface area contributed by atoms with Crippen LogP contribution in [0.5, 0.6) is 0 Å². The molecule has 0 saturated carbocycles. The number of halogens is 3. The van der Waals surface area contributed by atoms with Crippen LogP contribution >= 0.6 is 0 Å². The van der Waals surface area contributed by atoms with Gasteiger partial charge in [-0.05, 0) is 14.1 Å². The Morgan fingerprint density at radius 1 is 1.41 bits per heavy atom. The molecule has 3 N–H and O–H groups in total. The largest absolute Gasteiger partial charge is 0.490 e. The van der Waals surface area contributed by atoms with Gasteiger partial charge in [-0.2, -0.15) is 13.2 Å². The molecule has 0 saturated heterocycles. The number of nitrogens with zero attached hydrogens (tertiary/aromatic N) is 1. The number of methoxy groups -OCH3 is 1. The van der Waals surface area contributed by atoms with Crippen molar-refractivity contribution >= 4 is 11.9 Å². The van der Waals surface area contributed by atoms with Gasteiger partial charge in [0.05, 0.1) is 7.11 Å². The fourth-order valence-electron chi connectivity index (χ4n) is 0.619. The normalized spacial score (nSPS) is 12.5. The second kappa shape index (κ2) is 7.85. The lowest BCUT2D eigenvalue weighted by atomic mass is 10.3. The van der Waals surface area contributed by atoms with Crippen molar-refractivity contribution in [3.05, 3.63) is 0 Å². The zero-order chi connectivity index (χ0) is 14.2. The van der Waals surface area contributed by atoms with Gasteiger partial charge in [0.1, 0.15) is 6.04 Å². The molecule has 102 valence electrons. The van der Waals surface area contributed by atoms with E-state index in [0.29, 0.717) is 6.54 Å². The summed E-state index contributed by atoms with van der Waals surface area (Å²) in [4.78, 5) is 21.4. The lowest BCUT2D eigenvalue weighted by Crippen LogP contribution is -2.40. The van der Waals surface area contributed by atoms with Crippen molar-refractivity contribution < 1.29 is 32.6 Å². The quantitative estimate of drug-likeness (QED) is 0.676. The van der Waals surface area contributed by atoms with Gasteiger partial charge in [0.2, 0.25) is 0 Å². The maximum absolute atomic E-state index is 10.7. The van der Waals surface area contributed by atoms with Crippen molar-refractivity contribution in [1.82, 2.24) is 4.90 Å². The number of carbonyl (C=O) groups excluding carboxylic acids is 1. The molecule has 9 heteroatoms. The van der Waals surface area contributed by atoms with Crippen molar-refractivity contribution in [3.8, 4) is 0 Å². The molecule has 6 nitrogen and oxygen atoms in total. The monoisotopic (exact) mass is 260 g/mol. The molecule has 0 aromatic carbocycles. The van der Waals surface area contributed by atoms with E-state index in [1.165, 1.54) is 7.11 Å². The topological polar surface area (TPSA) is 92.9 Å². The van der Waals surface area contributed by atoms with Crippen LogP contribution in [0, 0.1) is 0 Å². The van der Waals surface area contributed by atoms with Gasteiger partial charge in [-0.1, -0.05) is 0 Å². The average Bonchev–Trinajstić information content (AvgIpc) is 2.14. The molecule has 0 unspecified atom stereocenters. The molecule has 1 atom stereocenters. The Bertz CT molecular complexity index is 256. The summed E-state index contributed by atoms with van der Waals surface area (Å²) in [5.41, 5.74) is 5.41. The number of hydrogen-bond acceptors (Lipinski definition) is 5. The number of nitrogens with two attached hydrogens (primary N) is 1. The summed E-state index contributed by atoms with van der Waals surface area (Å²) >= 11 is 0. The molecule has 0 radical (unpaired) electrons. The fourth-order valence-corrected chi connectivity index (χ4v) is 0.619. The van der Waals surface area contributed by atoms with Crippen LogP contribution in [-0.4, -0.2) is 61.9 Å². The molecule has 17 heavy (non-hydrogen) atoms. The van der Waals surface area contributed by atoms with E-state index < -0.39 is 18.2 Å². The highest BCUT2D eigenvalue weighted by atomic mass is 19.4. The third-order valence-corrected chi connectivity index (χ3v) is 1.31. The van der Waals surface area contributed by atoms with Crippen molar-refractivity contribution in [2.75, 3.05) is 27.7 Å². The number of ether oxygens (including phenoxy) is 1. The first-order valence-corrected chi connectivity index (χ1v) is 4.30. The molecule has 0 amide bonds. The maximum atomic E-state index is 10.7. The molecule has 0 aliphatic carbocycles. The van der Waals surface area contributed by atoms with E-state index in [4.69, 9.17) is 15.6 Å². The number of hydrogen-bond donors (Lipinski definition) is 2. The van der Waals surface area contributed by atoms with Crippen LogP contribution in [0.15, 0.2) is 0 Å². The van der Waals surface area contributed by atoms with Crippen LogP contribution in [0.1, 0.15) is 0 Å². The van der Waals surface area contributed by atoms with Gasteiger partial charge in [-0.15, -0.1) is 0 Å². The Morgan fingerprint density at radius 3 is 1.94 bits per heavy atom. The summed E-state index contributed by atoms with van der Waals surface area (Å²) in [6.45, 7) is 0.521. The van der Waals surface area contributed by atoms with Crippen LogP contribution in [0.3, 0.4) is 0 Å². The van der Waals surface area contributed by atoms with Gasteiger partial charge >= 0.3 is 18.1 Å². The van der Waals surface area contributed by atoms with Gasteiger partial charge in [-0.25, -0.2) is 4.79 Å². The average molecular weight is 260 g/mol.